The molecule has 14 heteroatoms. The molecular weight excluding hydrogens is 701 g/mol. The zero-order valence-electron chi connectivity index (χ0n) is 30.4. The molecule has 2 aliphatic heterocycles. The van der Waals surface area contributed by atoms with Gasteiger partial charge in [-0.3, -0.25) is 24.2 Å². The maximum absolute atomic E-state index is 16.2. The molecule has 4 aromatic heterocycles. The molecule has 2 aliphatic rings. The lowest BCUT2D eigenvalue weighted by Crippen LogP contribution is -2.46. The molecule has 0 spiro atoms. The fourth-order valence-electron chi connectivity index (χ4n) is 7.08. The lowest BCUT2D eigenvalue weighted by molar-refractivity contribution is -0.131. The van der Waals surface area contributed by atoms with Gasteiger partial charge in [0.15, 0.2) is 0 Å². The number of rotatable bonds is 10. The zero-order chi connectivity index (χ0) is 37.6. The topological polar surface area (TPSA) is 106 Å². The Labute approximate surface area is 310 Å². The average Bonchev–Trinajstić information content (AvgIpc) is 3.80. The van der Waals surface area contributed by atoms with Gasteiger partial charge < -0.3 is 19.3 Å². The Balaban J connectivity index is 1.43. The molecule has 0 radical (unpaired) electrons. The first-order valence-corrected chi connectivity index (χ1v) is 18.3. The fourth-order valence-corrected chi connectivity index (χ4v) is 8.03. The van der Waals surface area contributed by atoms with Gasteiger partial charge in [-0.25, -0.2) is 13.8 Å². The summed E-state index contributed by atoms with van der Waals surface area (Å²) in [4.78, 5) is 40.9. The summed E-state index contributed by atoms with van der Waals surface area (Å²) < 4.78 is 44.7. The summed E-state index contributed by atoms with van der Waals surface area (Å²) in [5, 5.41) is 7.71. The molecule has 0 saturated heterocycles. The number of hydrogen-bond donors (Lipinski definition) is 0. The molecule has 0 fully saturated rings. The third-order valence-corrected chi connectivity index (χ3v) is 11.0. The summed E-state index contributed by atoms with van der Waals surface area (Å²) in [5.74, 6) is -1.72. The summed E-state index contributed by atoms with van der Waals surface area (Å²) in [6.07, 6.45) is 3.82. The summed E-state index contributed by atoms with van der Waals surface area (Å²) in [6, 6.07) is 7.53. The minimum Gasteiger partial charge on any atom is -0.490 e. The number of ether oxygens (including phenoxy) is 2. The van der Waals surface area contributed by atoms with E-state index in [2.05, 4.69) is 17.5 Å². The van der Waals surface area contributed by atoms with Gasteiger partial charge in [0.1, 0.15) is 35.4 Å². The molecule has 1 aromatic carbocycles. The summed E-state index contributed by atoms with van der Waals surface area (Å²) >= 11 is 1.41. The van der Waals surface area contributed by atoms with Crippen molar-refractivity contribution in [2.24, 2.45) is 0 Å². The van der Waals surface area contributed by atoms with E-state index in [9.17, 15) is 14.0 Å². The van der Waals surface area contributed by atoms with Crippen LogP contribution >= 0.6 is 11.3 Å². The lowest BCUT2D eigenvalue weighted by Gasteiger charge is -2.37. The number of carbonyl (C=O) groups excluding carboxylic acids is 2. The first kappa shape index (κ1) is 36.3. The second-order valence-corrected chi connectivity index (χ2v) is 14.6. The van der Waals surface area contributed by atoms with Gasteiger partial charge >= 0.3 is 0 Å². The Bertz CT molecular complexity index is 2230. The summed E-state index contributed by atoms with van der Waals surface area (Å²) in [5.41, 5.74) is 5.43. The van der Waals surface area contributed by atoms with Crippen LogP contribution in [0.4, 0.5) is 8.78 Å². The number of fused-ring (bicyclic) bond motifs is 3. The number of amides is 2. The van der Waals surface area contributed by atoms with Crippen LogP contribution in [0.5, 0.6) is 5.75 Å². The fraction of sp³-hybridized carbons (Fsp3) is 0.359. The van der Waals surface area contributed by atoms with Crippen LogP contribution in [0.25, 0.3) is 43.9 Å². The van der Waals surface area contributed by atoms with E-state index < -0.39 is 11.6 Å². The second kappa shape index (κ2) is 14.8. The number of thiophene rings is 1. The third kappa shape index (κ3) is 6.82. The van der Waals surface area contributed by atoms with Gasteiger partial charge in [0.05, 0.1) is 48.7 Å². The third-order valence-electron chi connectivity index (χ3n) is 10.1. The van der Waals surface area contributed by atoms with Crippen molar-refractivity contribution in [3.8, 4) is 39.5 Å². The van der Waals surface area contributed by atoms with Crippen molar-refractivity contribution in [1.29, 1.82) is 0 Å². The molecule has 0 bridgehead atoms. The predicted molar refractivity (Wildman–Crippen MR) is 199 cm³/mol. The number of hydrogen-bond acceptors (Lipinski definition) is 9. The highest BCUT2D eigenvalue weighted by Crippen LogP contribution is 2.47. The van der Waals surface area contributed by atoms with Gasteiger partial charge in [-0.1, -0.05) is 6.58 Å². The molecule has 11 nitrogen and oxygen atoms in total. The van der Waals surface area contributed by atoms with Crippen LogP contribution in [0.3, 0.4) is 0 Å². The first-order chi connectivity index (χ1) is 25.5. The molecular formula is C39H41F2N7O4S. The average molecular weight is 742 g/mol. The maximum Gasteiger partial charge on any atom is 0.246 e. The van der Waals surface area contributed by atoms with Crippen molar-refractivity contribution in [3.05, 3.63) is 83.1 Å². The van der Waals surface area contributed by atoms with Crippen LogP contribution in [-0.4, -0.2) is 99.8 Å². The van der Waals surface area contributed by atoms with Gasteiger partial charge in [0.25, 0.3) is 0 Å². The van der Waals surface area contributed by atoms with E-state index in [1.807, 2.05) is 36.0 Å². The Morgan fingerprint density at radius 2 is 1.89 bits per heavy atom. The van der Waals surface area contributed by atoms with E-state index in [1.54, 1.807) is 30.1 Å². The molecule has 6 heterocycles. The van der Waals surface area contributed by atoms with Crippen molar-refractivity contribution in [3.63, 3.8) is 0 Å². The number of aromatic nitrogens is 4. The van der Waals surface area contributed by atoms with E-state index in [-0.39, 0.29) is 48.4 Å². The Morgan fingerprint density at radius 1 is 1.08 bits per heavy atom. The smallest absolute Gasteiger partial charge is 0.246 e. The van der Waals surface area contributed by atoms with Gasteiger partial charge in [-0.05, 0) is 49.1 Å². The van der Waals surface area contributed by atoms with Gasteiger partial charge in [-0.15, -0.1) is 11.3 Å². The van der Waals surface area contributed by atoms with Crippen LogP contribution in [-0.2, 0) is 33.8 Å². The van der Waals surface area contributed by atoms with Crippen molar-refractivity contribution < 1.29 is 27.8 Å². The quantitative estimate of drug-likeness (QED) is 0.125. The van der Waals surface area contributed by atoms with Crippen LogP contribution in [0.15, 0.2) is 54.6 Å². The van der Waals surface area contributed by atoms with E-state index in [0.717, 1.165) is 40.5 Å². The van der Waals surface area contributed by atoms with Crippen molar-refractivity contribution in [1.82, 2.24) is 34.4 Å². The number of likely N-dealkylation sites (N-methyl/N-ethyl adjacent to an activating group) is 1. The Hall–Kier alpha value is -5.05. The van der Waals surface area contributed by atoms with Gasteiger partial charge in [-0.2, -0.15) is 5.10 Å². The lowest BCUT2D eigenvalue weighted by atomic mass is 9.95. The first-order valence-electron chi connectivity index (χ1n) is 17.4. The minimum atomic E-state index is -0.806. The molecule has 53 heavy (non-hydrogen) atoms. The van der Waals surface area contributed by atoms with Crippen LogP contribution in [0.1, 0.15) is 36.8 Å². The molecule has 0 unspecified atom stereocenters. The van der Waals surface area contributed by atoms with Crippen LogP contribution < -0.4 is 4.74 Å². The predicted octanol–water partition coefficient (Wildman–Crippen LogP) is 6.12. The molecule has 7 rings (SSSR count). The molecule has 0 saturated carbocycles. The van der Waals surface area contributed by atoms with Crippen molar-refractivity contribution in [2.75, 3.05) is 47.5 Å². The molecule has 0 N–H and O–H groups in total. The molecule has 0 aliphatic carbocycles. The number of nitrogens with zero attached hydrogens (tertiary/aromatic N) is 7. The van der Waals surface area contributed by atoms with E-state index in [4.69, 9.17) is 24.5 Å². The molecule has 2 atom stereocenters. The number of benzene rings is 1. The van der Waals surface area contributed by atoms with E-state index in [0.29, 0.717) is 53.4 Å². The minimum absolute atomic E-state index is 0.0153. The summed E-state index contributed by atoms with van der Waals surface area (Å²) in [6.45, 7) is 9.80. The van der Waals surface area contributed by atoms with E-state index in [1.165, 1.54) is 30.6 Å². The maximum atomic E-state index is 16.2. The highest BCUT2D eigenvalue weighted by atomic mass is 32.1. The number of pyridine rings is 2. The number of methoxy groups -OCH3 is 1. The number of carbonyl (C=O) groups is 2. The van der Waals surface area contributed by atoms with Crippen LogP contribution in [0, 0.1) is 11.6 Å². The van der Waals surface area contributed by atoms with Gasteiger partial charge in [0, 0.05) is 86.0 Å². The van der Waals surface area contributed by atoms with Crippen LogP contribution in [0.2, 0.25) is 0 Å². The van der Waals surface area contributed by atoms with Crippen molar-refractivity contribution >= 4 is 33.2 Å². The van der Waals surface area contributed by atoms with E-state index >= 15 is 4.39 Å². The van der Waals surface area contributed by atoms with Crippen molar-refractivity contribution in [2.45, 2.75) is 45.4 Å². The number of halogens is 2. The normalized spacial score (nSPS) is 17.1. The largest absolute Gasteiger partial charge is 0.490 e. The Morgan fingerprint density at radius 3 is 2.64 bits per heavy atom. The molecule has 5 aromatic rings. The highest BCUT2D eigenvalue weighted by molar-refractivity contribution is 7.18. The SMILES string of the molecule is C=CC(=O)N1Cc2cc(-c3nc(-c4cnc5c(c4)CN(CC(=O)N(C)C)CC5)c4ccsc4c3-c3c(F)cc(F)cc3OCCOC)nn2[C@@H](C)[C@@H]1C. The van der Waals surface area contributed by atoms with Gasteiger partial charge in [0.2, 0.25) is 11.8 Å². The molecule has 276 valence electrons. The highest BCUT2D eigenvalue weighted by Gasteiger charge is 2.34. The monoisotopic (exact) mass is 741 g/mol. The zero-order valence-corrected chi connectivity index (χ0v) is 31.2. The standard InChI is InChI=1S/C39H41F2N7O4S/c1-7-33(49)47-20-27-17-31(44-48(27)23(3)22(47)2)38-36(35-29(41)15-26(40)16-32(35)52-12-11-51-6)39-28(9-13-53-39)37(43-38)24-14-25-19-46(21-34(50)45(4)5)10-8-30(25)42-18-24/h7,9,13-18,22-23H,1,8,10-12,19-21H2,2-6H3/t22-,23-/m0/s1. The second-order valence-electron chi connectivity index (χ2n) is 13.6. The summed E-state index contributed by atoms with van der Waals surface area (Å²) in [7, 11) is 5.02. The molecule has 2 amide bonds. The Kier molecular flexibility index (Phi) is 10.1.